The minimum atomic E-state index is -0.428. The molecule has 0 fully saturated rings. The Morgan fingerprint density at radius 3 is 1.97 bits per heavy atom. The monoisotopic (exact) mass is 500 g/mol. The molecule has 1 amide bonds. The zero-order valence-electron chi connectivity index (χ0n) is 20.9. The van der Waals surface area contributed by atoms with Gasteiger partial charge in [-0.3, -0.25) is 4.79 Å². The Hall–Kier alpha value is -3.91. The van der Waals surface area contributed by atoms with E-state index >= 15 is 0 Å². The summed E-state index contributed by atoms with van der Waals surface area (Å²) in [6, 6.07) is 21.1. The molecule has 1 heterocycles. The van der Waals surface area contributed by atoms with Gasteiger partial charge >= 0.3 is 0 Å². The quantitative estimate of drug-likeness (QED) is 0.299. The van der Waals surface area contributed by atoms with Gasteiger partial charge in [0.05, 0.1) is 19.5 Å². The van der Waals surface area contributed by atoms with Crippen molar-refractivity contribution in [3.63, 3.8) is 0 Å². The van der Waals surface area contributed by atoms with Crippen LogP contribution < -0.4 is 14.8 Å². The second-order valence-corrected chi connectivity index (χ2v) is 9.62. The maximum atomic E-state index is 12.9. The fourth-order valence-electron chi connectivity index (χ4n) is 3.65. The summed E-state index contributed by atoms with van der Waals surface area (Å²) in [5.74, 6) is 1.38. The summed E-state index contributed by atoms with van der Waals surface area (Å²) in [7, 11) is 3.26. The molecule has 8 heteroatoms. The lowest BCUT2D eigenvalue weighted by Crippen LogP contribution is -2.23. The van der Waals surface area contributed by atoms with Gasteiger partial charge in [0.15, 0.2) is 0 Å². The van der Waals surface area contributed by atoms with Crippen molar-refractivity contribution in [2.24, 2.45) is 0 Å². The number of nitrogens with one attached hydrogen (secondary N) is 1. The number of hydrogen-bond donors (Lipinski definition) is 1. The molecule has 4 rings (SSSR count). The van der Waals surface area contributed by atoms with Crippen molar-refractivity contribution < 1.29 is 14.3 Å². The molecule has 0 aliphatic carbocycles. The highest BCUT2D eigenvalue weighted by Gasteiger charge is 2.20. The first-order valence-electron chi connectivity index (χ1n) is 11.5. The first kappa shape index (κ1) is 25.2. The van der Waals surface area contributed by atoms with E-state index < -0.39 is 5.25 Å². The molecule has 1 aromatic heterocycles. The van der Waals surface area contributed by atoms with E-state index in [1.54, 1.807) is 14.2 Å². The zero-order chi connectivity index (χ0) is 25.7. The van der Waals surface area contributed by atoms with Crippen molar-refractivity contribution in [3.8, 4) is 34.0 Å². The maximum Gasteiger partial charge on any atom is 0.237 e. The molecule has 0 radical (unpaired) electrons. The molecule has 0 saturated carbocycles. The summed E-state index contributed by atoms with van der Waals surface area (Å²) in [6.07, 6.45) is 0. The molecule has 184 valence electrons. The highest BCUT2D eigenvalue weighted by atomic mass is 32.2. The average molecular weight is 501 g/mol. The van der Waals surface area contributed by atoms with E-state index in [-0.39, 0.29) is 5.91 Å². The van der Waals surface area contributed by atoms with Crippen LogP contribution in [-0.2, 0) is 4.79 Å². The number of ether oxygens (including phenoxy) is 2. The Labute approximate surface area is 215 Å². The number of benzene rings is 3. The summed E-state index contributed by atoms with van der Waals surface area (Å²) in [6.45, 7) is 5.83. The van der Waals surface area contributed by atoms with E-state index in [1.807, 2.05) is 87.5 Å². The third-order valence-electron chi connectivity index (χ3n) is 5.69. The van der Waals surface area contributed by atoms with Crippen LogP contribution in [0.3, 0.4) is 0 Å². The van der Waals surface area contributed by atoms with Crippen LogP contribution in [0.15, 0.2) is 71.9 Å². The van der Waals surface area contributed by atoms with E-state index in [2.05, 4.69) is 15.5 Å². The Morgan fingerprint density at radius 2 is 1.42 bits per heavy atom. The van der Waals surface area contributed by atoms with E-state index in [0.717, 1.165) is 39.4 Å². The van der Waals surface area contributed by atoms with Crippen molar-refractivity contribution >= 4 is 23.4 Å². The molecule has 0 bridgehead atoms. The van der Waals surface area contributed by atoms with Gasteiger partial charge in [-0.15, -0.1) is 10.2 Å². The lowest BCUT2D eigenvalue weighted by Gasteiger charge is -2.14. The molecule has 0 aliphatic rings. The zero-order valence-corrected chi connectivity index (χ0v) is 21.7. The van der Waals surface area contributed by atoms with Crippen molar-refractivity contribution in [1.82, 2.24) is 15.2 Å². The van der Waals surface area contributed by atoms with Crippen LogP contribution in [0.2, 0.25) is 0 Å². The van der Waals surface area contributed by atoms with Gasteiger partial charge in [-0.25, -0.2) is 4.98 Å². The summed E-state index contributed by atoms with van der Waals surface area (Å²) < 4.78 is 10.6. The molecule has 1 unspecified atom stereocenters. The van der Waals surface area contributed by atoms with Crippen LogP contribution in [-0.4, -0.2) is 40.6 Å². The van der Waals surface area contributed by atoms with Crippen LogP contribution in [0.4, 0.5) is 5.69 Å². The molecule has 0 saturated heterocycles. The molecular weight excluding hydrogens is 472 g/mol. The lowest BCUT2D eigenvalue weighted by atomic mass is 10.0. The number of methoxy groups -OCH3 is 2. The summed E-state index contributed by atoms with van der Waals surface area (Å²) in [5.41, 5.74) is 6.00. The molecule has 7 nitrogen and oxygen atoms in total. The number of aromatic nitrogens is 3. The van der Waals surface area contributed by atoms with Gasteiger partial charge in [0.1, 0.15) is 22.9 Å². The Morgan fingerprint density at radius 1 is 0.833 bits per heavy atom. The van der Waals surface area contributed by atoms with E-state index in [4.69, 9.17) is 14.5 Å². The van der Waals surface area contributed by atoms with Crippen molar-refractivity contribution in [1.29, 1.82) is 0 Å². The van der Waals surface area contributed by atoms with Crippen LogP contribution in [0.1, 0.15) is 18.1 Å². The van der Waals surface area contributed by atoms with Crippen LogP contribution in [0.25, 0.3) is 22.5 Å². The predicted molar refractivity (Wildman–Crippen MR) is 144 cm³/mol. The third kappa shape index (κ3) is 5.83. The van der Waals surface area contributed by atoms with Gasteiger partial charge < -0.3 is 14.8 Å². The van der Waals surface area contributed by atoms with Gasteiger partial charge in [-0.05, 0) is 80.9 Å². The fourth-order valence-corrected chi connectivity index (χ4v) is 4.37. The Balaban J connectivity index is 1.62. The smallest absolute Gasteiger partial charge is 0.237 e. The highest BCUT2D eigenvalue weighted by Crippen LogP contribution is 2.32. The van der Waals surface area contributed by atoms with Crippen molar-refractivity contribution in [3.05, 3.63) is 77.9 Å². The minimum absolute atomic E-state index is 0.124. The maximum absolute atomic E-state index is 12.9. The van der Waals surface area contributed by atoms with Crippen molar-refractivity contribution in [2.45, 2.75) is 31.2 Å². The minimum Gasteiger partial charge on any atom is -0.497 e. The first-order valence-corrected chi connectivity index (χ1v) is 12.3. The first-order chi connectivity index (χ1) is 17.4. The largest absolute Gasteiger partial charge is 0.497 e. The summed E-state index contributed by atoms with van der Waals surface area (Å²) >= 11 is 1.26. The number of thioether (sulfide) groups is 1. The van der Waals surface area contributed by atoms with Crippen LogP contribution in [0, 0.1) is 13.8 Å². The SMILES string of the molecule is COc1ccc(-c2nnc(SC(C)C(=O)Nc3ccc(C)cc3C)nc2-c2ccc(OC)cc2)cc1. The second kappa shape index (κ2) is 11.2. The average Bonchev–Trinajstić information content (AvgIpc) is 2.90. The summed E-state index contributed by atoms with van der Waals surface area (Å²) in [5, 5.41) is 11.8. The van der Waals surface area contributed by atoms with Gasteiger partial charge in [0.25, 0.3) is 0 Å². The molecule has 0 aliphatic heterocycles. The number of aryl methyl sites for hydroxylation is 2. The molecule has 1 N–H and O–H groups in total. The predicted octanol–water partition coefficient (Wildman–Crippen LogP) is 5.96. The highest BCUT2D eigenvalue weighted by molar-refractivity contribution is 8.00. The standard InChI is InChI=1S/C28H28N4O3S/c1-17-6-15-24(18(2)16-17)29-27(33)19(3)36-28-30-25(20-7-11-22(34-4)12-8-20)26(31-32-28)21-9-13-23(35-5)14-10-21/h6-16,19H,1-5H3,(H,29,33). The van der Waals surface area contributed by atoms with E-state index in [0.29, 0.717) is 16.5 Å². The fraction of sp³-hybridized carbons (Fsp3) is 0.214. The van der Waals surface area contributed by atoms with Gasteiger partial charge in [-0.1, -0.05) is 29.5 Å². The number of carbonyl (C=O) groups is 1. The second-order valence-electron chi connectivity index (χ2n) is 8.32. The Bertz CT molecular complexity index is 1360. The number of hydrogen-bond acceptors (Lipinski definition) is 7. The summed E-state index contributed by atoms with van der Waals surface area (Å²) in [4.78, 5) is 17.7. The third-order valence-corrected chi connectivity index (χ3v) is 6.64. The number of nitrogens with zero attached hydrogens (tertiary/aromatic N) is 3. The van der Waals surface area contributed by atoms with Crippen molar-refractivity contribution in [2.75, 3.05) is 19.5 Å². The van der Waals surface area contributed by atoms with E-state index in [1.165, 1.54) is 11.8 Å². The lowest BCUT2D eigenvalue weighted by molar-refractivity contribution is -0.115. The number of rotatable bonds is 8. The number of carbonyl (C=O) groups excluding carboxylic acids is 1. The topological polar surface area (TPSA) is 86.2 Å². The molecule has 4 aromatic rings. The number of anilines is 1. The number of amides is 1. The normalized spacial score (nSPS) is 11.6. The molecule has 3 aromatic carbocycles. The molecular formula is C28H28N4O3S. The molecule has 36 heavy (non-hydrogen) atoms. The van der Waals surface area contributed by atoms with Gasteiger partial charge in [0, 0.05) is 16.8 Å². The molecule has 1 atom stereocenters. The van der Waals surface area contributed by atoms with Gasteiger partial charge in [-0.2, -0.15) is 0 Å². The van der Waals surface area contributed by atoms with Crippen LogP contribution >= 0.6 is 11.8 Å². The Kier molecular flexibility index (Phi) is 7.85. The van der Waals surface area contributed by atoms with E-state index in [9.17, 15) is 4.79 Å². The van der Waals surface area contributed by atoms with Crippen LogP contribution in [0.5, 0.6) is 11.5 Å². The molecule has 0 spiro atoms. The van der Waals surface area contributed by atoms with Gasteiger partial charge in [0.2, 0.25) is 11.1 Å².